The van der Waals surface area contributed by atoms with E-state index < -0.39 is 0 Å². The first-order valence-corrected chi connectivity index (χ1v) is 8.21. The second kappa shape index (κ2) is 7.25. The van der Waals surface area contributed by atoms with Crippen molar-refractivity contribution < 1.29 is 9.53 Å². The number of hydrogen-bond donors (Lipinski definition) is 2. The van der Waals surface area contributed by atoms with Gasteiger partial charge in [-0.2, -0.15) is 0 Å². The molecule has 3 rings (SSSR count). The molecule has 2 heterocycles. The minimum atomic E-state index is -0.104. The largest absolute Gasteiger partial charge is 0.490 e. The molecular formula is C17H23N5O2. The van der Waals surface area contributed by atoms with Gasteiger partial charge in [-0.05, 0) is 24.6 Å². The molecular weight excluding hydrogens is 306 g/mol. The Bertz CT molecular complexity index is 686. The molecule has 0 aliphatic carbocycles. The molecule has 7 heteroatoms. The Balaban J connectivity index is 1.90. The monoisotopic (exact) mass is 329 g/mol. The van der Waals surface area contributed by atoms with Crippen LogP contribution in [-0.4, -0.2) is 42.7 Å². The van der Waals surface area contributed by atoms with Crippen molar-refractivity contribution in [3.8, 4) is 5.75 Å². The van der Waals surface area contributed by atoms with E-state index in [4.69, 9.17) is 4.74 Å². The van der Waals surface area contributed by atoms with Crippen molar-refractivity contribution >= 4 is 17.4 Å². The molecule has 2 aromatic rings. The molecule has 24 heavy (non-hydrogen) atoms. The third kappa shape index (κ3) is 3.29. The fourth-order valence-corrected chi connectivity index (χ4v) is 2.87. The number of ether oxygens (including phenoxy) is 1. The van der Waals surface area contributed by atoms with Crippen LogP contribution in [0.5, 0.6) is 5.75 Å². The Morgan fingerprint density at radius 1 is 1.50 bits per heavy atom. The lowest BCUT2D eigenvalue weighted by Crippen LogP contribution is -2.39. The van der Waals surface area contributed by atoms with Gasteiger partial charge in [0, 0.05) is 25.5 Å². The number of amides is 2. The summed E-state index contributed by atoms with van der Waals surface area (Å²) in [6.07, 6.45) is 4.46. The molecule has 1 aromatic carbocycles. The molecule has 1 aliphatic heterocycles. The summed E-state index contributed by atoms with van der Waals surface area (Å²) in [4.78, 5) is 23.4. The Hall–Kier alpha value is -2.70. The minimum Gasteiger partial charge on any atom is -0.490 e. The van der Waals surface area contributed by atoms with Crippen LogP contribution in [0.15, 0.2) is 30.7 Å². The number of urea groups is 1. The second-order valence-corrected chi connectivity index (χ2v) is 5.69. The SMILES string of the molecule is CCCN(C(=O)NC)c1ccc2c(c1)N(Cc1c[nH]cn1)CCO2. The van der Waals surface area contributed by atoms with Gasteiger partial charge in [0.15, 0.2) is 0 Å². The number of rotatable bonds is 5. The van der Waals surface area contributed by atoms with Crippen LogP contribution in [0.2, 0.25) is 0 Å². The third-order valence-corrected chi connectivity index (χ3v) is 4.03. The van der Waals surface area contributed by atoms with Crippen LogP contribution < -0.4 is 19.9 Å². The molecule has 2 amide bonds. The van der Waals surface area contributed by atoms with E-state index in [1.54, 1.807) is 18.3 Å². The molecule has 0 spiro atoms. The Morgan fingerprint density at radius 3 is 3.08 bits per heavy atom. The molecule has 0 radical (unpaired) electrons. The number of H-pyrrole nitrogens is 1. The van der Waals surface area contributed by atoms with E-state index >= 15 is 0 Å². The van der Waals surface area contributed by atoms with Crippen LogP contribution in [0, 0.1) is 0 Å². The predicted octanol–water partition coefficient (Wildman–Crippen LogP) is 2.36. The van der Waals surface area contributed by atoms with Gasteiger partial charge in [0.2, 0.25) is 0 Å². The lowest BCUT2D eigenvalue weighted by Gasteiger charge is -2.32. The first kappa shape index (κ1) is 16.2. The molecule has 1 aliphatic rings. The van der Waals surface area contributed by atoms with E-state index in [-0.39, 0.29) is 6.03 Å². The number of carbonyl (C=O) groups excluding carboxylic acids is 1. The minimum absolute atomic E-state index is 0.104. The first-order chi connectivity index (χ1) is 11.7. The van der Waals surface area contributed by atoms with Crippen LogP contribution in [0.25, 0.3) is 0 Å². The van der Waals surface area contributed by atoms with Crippen LogP contribution in [0.4, 0.5) is 16.2 Å². The number of hydrogen-bond acceptors (Lipinski definition) is 4. The first-order valence-electron chi connectivity index (χ1n) is 8.21. The topological polar surface area (TPSA) is 73.5 Å². The van der Waals surface area contributed by atoms with E-state index in [2.05, 4.69) is 27.1 Å². The van der Waals surface area contributed by atoms with Crippen LogP contribution >= 0.6 is 0 Å². The van der Waals surface area contributed by atoms with Crippen molar-refractivity contribution in [3.05, 3.63) is 36.4 Å². The molecule has 0 bridgehead atoms. The Labute approximate surface area is 141 Å². The van der Waals surface area contributed by atoms with E-state index in [1.165, 1.54) is 0 Å². The summed E-state index contributed by atoms with van der Waals surface area (Å²) >= 11 is 0. The highest BCUT2D eigenvalue weighted by Gasteiger charge is 2.22. The molecule has 0 fully saturated rings. The van der Waals surface area contributed by atoms with Gasteiger partial charge in [-0.3, -0.25) is 4.90 Å². The number of carbonyl (C=O) groups is 1. The zero-order chi connectivity index (χ0) is 16.9. The quantitative estimate of drug-likeness (QED) is 0.883. The van der Waals surface area contributed by atoms with Crippen molar-refractivity contribution in [3.63, 3.8) is 0 Å². The predicted molar refractivity (Wildman–Crippen MR) is 93.7 cm³/mol. The number of anilines is 2. The number of fused-ring (bicyclic) bond motifs is 1. The molecule has 0 atom stereocenters. The summed E-state index contributed by atoms with van der Waals surface area (Å²) in [6, 6.07) is 5.79. The molecule has 7 nitrogen and oxygen atoms in total. The highest BCUT2D eigenvalue weighted by Crippen LogP contribution is 2.36. The number of aromatic amines is 1. The summed E-state index contributed by atoms with van der Waals surface area (Å²) in [5, 5.41) is 2.70. The fourth-order valence-electron chi connectivity index (χ4n) is 2.87. The Kier molecular flexibility index (Phi) is 4.88. The highest BCUT2D eigenvalue weighted by molar-refractivity contribution is 5.92. The zero-order valence-electron chi connectivity index (χ0n) is 14.1. The van der Waals surface area contributed by atoms with Gasteiger partial charge in [-0.15, -0.1) is 0 Å². The summed E-state index contributed by atoms with van der Waals surface area (Å²) < 4.78 is 5.77. The standard InChI is InChI=1S/C17H23N5O2/c1-3-6-22(17(23)18-2)14-4-5-16-15(9-14)21(7-8-24-16)11-13-10-19-12-20-13/h4-5,9-10,12H,3,6-8,11H2,1-2H3,(H,18,23)(H,19,20). The second-order valence-electron chi connectivity index (χ2n) is 5.69. The van der Waals surface area contributed by atoms with E-state index in [0.717, 1.165) is 35.8 Å². The Morgan fingerprint density at radius 2 is 2.38 bits per heavy atom. The highest BCUT2D eigenvalue weighted by atomic mass is 16.5. The molecule has 0 unspecified atom stereocenters. The van der Waals surface area contributed by atoms with Gasteiger partial charge in [0.25, 0.3) is 0 Å². The maximum absolute atomic E-state index is 12.2. The summed E-state index contributed by atoms with van der Waals surface area (Å²) in [7, 11) is 1.65. The fraction of sp³-hybridized carbons (Fsp3) is 0.412. The van der Waals surface area contributed by atoms with E-state index in [0.29, 0.717) is 19.7 Å². The summed E-state index contributed by atoms with van der Waals surface area (Å²) in [5.74, 6) is 0.842. The normalized spacial score (nSPS) is 13.2. The van der Waals surface area contributed by atoms with Gasteiger partial charge in [0.1, 0.15) is 12.4 Å². The van der Waals surface area contributed by atoms with Gasteiger partial charge < -0.3 is 19.9 Å². The summed E-state index contributed by atoms with van der Waals surface area (Å²) in [5.41, 5.74) is 2.84. The van der Waals surface area contributed by atoms with Gasteiger partial charge in [-0.25, -0.2) is 9.78 Å². The van der Waals surface area contributed by atoms with Gasteiger partial charge in [-0.1, -0.05) is 6.92 Å². The number of nitrogens with zero attached hydrogens (tertiary/aromatic N) is 3. The number of aromatic nitrogens is 2. The van der Waals surface area contributed by atoms with Crippen LogP contribution in [0.3, 0.4) is 0 Å². The van der Waals surface area contributed by atoms with Crippen molar-refractivity contribution in [2.75, 3.05) is 36.5 Å². The maximum Gasteiger partial charge on any atom is 0.321 e. The zero-order valence-corrected chi connectivity index (χ0v) is 14.1. The van der Waals surface area contributed by atoms with Crippen molar-refractivity contribution in [1.29, 1.82) is 0 Å². The van der Waals surface area contributed by atoms with Crippen molar-refractivity contribution in [1.82, 2.24) is 15.3 Å². The maximum atomic E-state index is 12.2. The van der Waals surface area contributed by atoms with Gasteiger partial charge in [0.05, 0.1) is 30.8 Å². The molecule has 0 saturated carbocycles. The molecule has 2 N–H and O–H groups in total. The lowest BCUT2D eigenvalue weighted by atomic mass is 10.2. The average Bonchev–Trinajstić information content (AvgIpc) is 3.12. The smallest absolute Gasteiger partial charge is 0.321 e. The van der Waals surface area contributed by atoms with Crippen LogP contribution in [0.1, 0.15) is 19.0 Å². The van der Waals surface area contributed by atoms with E-state index in [9.17, 15) is 4.79 Å². The van der Waals surface area contributed by atoms with Crippen LogP contribution in [-0.2, 0) is 6.54 Å². The summed E-state index contributed by atoms with van der Waals surface area (Å²) in [6.45, 7) is 4.86. The van der Waals surface area contributed by atoms with Crippen molar-refractivity contribution in [2.24, 2.45) is 0 Å². The number of nitrogens with one attached hydrogen (secondary N) is 2. The number of imidazole rings is 1. The van der Waals surface area contributed by atoms with E-state index in [1.807, 2.05) is 24.4 Å². The lowest BCUT2D eigenvalue weighted by molar-refractivity contribution is 0.248. The molecule has 128 valence electrons. The average molecular weight is 329 g/mol. The molecule has 1 aromatic heterocycles. The molecule has 0 saturated heterocycles. The third-order valence-electron chi connectivity index (χ3n) is 4.03. The van der Waals surface area contributed by atoms with Gasteiger partial charge >= 0.3 is 6.03 Å². The van der Waals surface area contributed by atoms with Crippen molar-refractivity contribution in [2.45, 2.75) is 19.9 Å². The number of benzene rings is 1.